The normalized spacial score (nSPS) is 10.6. The van der Waals surface area contributed by atoms with E-state index in [4.69, 9.17) is 4.74 Å². The summed E-state index contributed by atoms with van der Waals surface area (Å²) in [5.74, 6) is 0.410. The molecular formula is C16H19NO2. The smallest absolute Gasteiger partial charge is 0.310 e. The van der Waals surface area contributed by atoms with Crippen molar-refractivity contribution in [2.24, 2.45) is 0 Å². The van der Waals surface area contributed by atoms with Crippen LogP contribution < -0.4 is 10.1 Å². The number of hydrogen-bond donors (Lipinski definition) is 1. The van der Waals surface area contributed by atoms with Crippen molar-refractivity contribution < 1.29 is 9.53 Å². The first-order chi connectivity index (χ1) is 9.22. The van der Waals surface area contributed by atoms with Gasteiger partial charge in [-0.05, 0) is 48.5 Å². The largest absolute Gasteiger partial charge is 0.427 e. The van der Waals surface area contributed by atoms with Crippen molar-refractivity contribution >= 4 is 16.7 Å². The molecule has 2 rings (SSSR count). The molecule has 2 aromatic carbocycles. The summed E-state index contributed by atoms with van der Waals surface area (Å²) in [6, 6.07) is 12.1. The molecule has 0 fully saturated rings. The number of nitrogens with one attached hydrogen (secondary N) is 1. The molecule has 0 unspecified atom stereocenters. The average molecular weight is 257 g/mol. The van der Waals surface area contributed by atoms with Gasteiger partial charge in [-0.25, -0.2) is 0 Å². The summed E-state index contributed by atoms with van der Waals surface area (Å²) < 4.78 is 5.22. The van der Waals surface area contributed by atoms with E-state index in [-0.39, 0.29) is 5.97 Å². The van der Waals surface area contributed by atoms with Crippen LogP contribution in [0.5, 0.6) is 5.75 Å². The number of ether oxygens (including phenoxy) is 1. The number of fused-ring (bicyclic) bond motifs is 1. The van der Waals surface area contributed by atoms with E-state index in [0.29, 0.717) is 12.2 Å². The van der Waals surface area contributed by atoms with Crippen LogP contribution in [-0.2, 0) is 11.2 Å². The van der Waals surface area contributed by atoms with E-state index in [1.165, 1.54) is 10.9 Å². The summed E-state index contributed by atoms with van der Waals surface area (Å²) in [5.41, 5.74) is 1.31. The van der Waals surface area contributed by atoms with E-state index in [0.717, 1.165) is 18.4 Å². The molecule has 0 heterocycles. The summed E-state index contributed by atoms with van der Waals surface area (Å²) in [4.78, 5) is 11.3. The average Bonchev–Trinajstić information content (AvgIpc) is 2.44. The molecule has 3 heteroatoms. The highest BCUT2D eigenvalue weighted by Crippen LogP contribution is 2.22. The zero-order valence-electron chi connectivity index (χ0n) is 11.4. The second-order valence-electron chi connectivity index (χ2n) is 4.52. The molecule has 0 aliphatic heterocycles. The van der Waals surface area contributed by atoms with Gasteiger partial charge in [0.25, 0.3) is 0 Å². The van der Waals surface area contributed by atoms with E-state index in [9.17, 15) is 4.79 Å². The molecule has 0 atom stereocenters. The van der Waals surface area contributed by atoms with Gasteiger partial charge in [0, 0.05) is 6.42 Å². The van der Waals surface area contributed by atoms with E-state index in [2.05, 4.69) is 23.5 Å². The van der Waals surface area contributed by atoms with Crippen molar-refractivity contribution in [1.29, 1.82) is 0 Å². The Morgan fingerprint density at radius 2 is 1.89 bits per heavy atom. The lowest BCUT2D eigenvalue weighted by atomic mass is 10.0. The highest BCUT2D eigenvalue weighted by atomic mass is 16.5. The third kappa shape index (κ3) is 3.55. The molecule has 2 aromatic rings. The molecule has 0 radical (unpaired) electrons. The summed E-state index contributed by atoms with van der Waals surface area (Å²) in [5, 5.41) is 5.41. The lowest BCUT2D eigenvalue weighted by Gasteiger charge is -2.06. The van der Waals surface area contributed by atoms with E-state index in [1.807, 2.05) is 25.2 Å². The lowest BCUT2D eigenvalue weighted by molar-refractivity contribution is -0.134. The van der Waals surface area contributed by atoms with Crippen molar-refractivity contribution in [3.8, 4) is 5.75 Å². The fourth-order valence-electron chi connectivity index (χ4n) is 1.97. The van der Waals surface area contributed by atoms with Gasteiger partial charge in [-0.1, -0.05) is 31.2 Å². The van der Waals surface area contributed by atoms with Gasteiger partial charge in [0.1, 0.15) is 5.75 Å². The first kappa shape index (κ1) is 13.6. The van der Waals surface area contributed by atoms with Crippen LogP contribution in [0.1, 0.15) is 18.9 Å². The number of hydrogen-bond acceptors (Lipinski definition) is 3. The highest BCUT2D eigenvalue weighted by Gasteiger charge is 2.03. The zero-order chi connectivity index (χ0) is 13.7. The minimum atomic E-state index is -0.204. The van der Waals surface area contributed by atoms with Gasteiger partial charge >= 0.3 is 5.97 Å². The van der Waals surface area contributed by atoms with E-state index < -0.39 is 0 Å². The van der Waals surface area contributed by atoms with Crippen molar-refractivity contribution in [3.63, 3.8) is 0 Å². The molecule has 0 spiro atoms. The molecule has 0 aromatic heterocycles. The quantitative estimate of drug-likeness (QED) is 0.661. The predicted octanol–water partition coefficient (Wildman–Crippen LogP) is 2.92. The molecule has 0 bridgehead atoms. The Balaban J connectivity index is 2.22. The molecule has 1 N–H and O–H groups in total. The van der Waals surface area contributed by atoms with E-state index in [1.54, 1.807) is 6.92 Å². The maximum atomic E-state index is 11.3. The van der Waals surface area contributed by atoms with Crippen LogP contribution in [0.2, 0.25) is 0 Å². The minimum absolute atomic E-state index is 0.204. The SMILES string of the molecule is CCC(=O)Oc1ccc2cc(CCNC)ccc2c1. The van der Waals surface area contributed by atoms with Crippen LogP contribution in [0.15, 0.2) is 36.4 Å². The standard InChI is InChI=1S/C16H19NO2/c1-3-16(18)19-15-7-6-13-10-12(8-9-17-2)4-5-14(13)11-15/h4-7,10-11,17H,3,8-9H2,1-2H3. The Bertz CT molecular complexity index is 578. The second-order valence-corrected chi connectivity index (χ2v) is 4.52. The van der Waals surface area contributed by atoms with Gasteiger partial charge in [-0.3, -0.25) is 4.79 Å². The first-order valence-electron chi connectivity index (χ1n) is 6.61. The van der Waals surface area contributed by atoms with Crippen molar-refractivity contribution in [2.45, 2.75) is 19.8 Å². The molecule has 0 saturated heterocycles. The van der Waals surface area contributed by atoms with Gasteiger partial charge in [0.05, 0.1) is 0 Å². The summed E-state index contributed by atoms with van der Waals surface area (Å²) >= 11 is 0. The van der Waals surface area contributed by atoms with Gasteiger partial charge in [-0.2, -0.15) is 0 Å². The lowest BCUT2D eigenvalue weighted by Crippen LogP contribution is -2.10. The van der Waals surface area contributed by atoms with Gasteiger partial charge in [0.15, 0.2) is 0 Å². The van der Waals surface area contributed by atoms with Gasteiger partial charge < -0.3 is 10.1 Å². The first-order valence-corrected chi connectivity index (χ1v) is 6.61. The maximum absolute atomic E-state index is 11.3. The summed E-state index contributed by atoms with van der Waals surface area (Å²) in [7, 11) is 1.95. The number of rotatable bonds is 5. The van der Waals surface area contributed by atoms with Gasteiger partial charge in [0.2, 0.25) is 0 Å². The third-order valence-corrected chi connectivity index (χ3v) is 3.06. The number of benzene rings is 2. The molecule has 0 saturated carbocycles. The predicted molar refractivity (Wildman–Crippen MR) is 77.5 cm³/mol. The topological polar surface area (TPSA) is 38.3 Å². The number of carbonyl (C=O) groups is 1. The minimum Gasteiger partial charge on any atom is -0.427 e. The van der Waals surface area contributed by atoms with Crippen molar-refractivity contribution in [3.05, 3.63) is 42.0 Å². The Morgan fingerprint density at radius 1 is 1.16 bits per heavy atom. The fourth-order valence-corrected chi connectivity index (χ4v) is 1.97. The maximum Gasteiger partial charge on any atom is 0.310 e. The molecule has 19 heavy (non-hydrogen) atoms. The molecule has 0 aliphatic rings. The molecule has 100 valence electrons. The van der Waals surface area contributed by atoms with Crippen molar-refractivity contribution in [1.82, 2.24) is 5.32 Å². The Kier molecular flexibility index (Phi) is 4.53. The van der Waals surface area contributed by atoms with Crippen LogP contribution in [0, 0.1) is 0 Å². The monoisotopic (exact) mass is 257 g/mol. The second kappa shape index (κ2) is 6.34. The number of esters is 1. The van der Waals surface area contributed by atoms with Crippen LogP contribution in [-0.4, -0.2) is 19.6 Å². The van der Waals surface area contributed by atoms with Crippen molar-refractivity contribution in [2.75, 3.05) is 13.6 Å². The Hall–Kier alpha value is -1.87. The van der Waals surface area contributed by atoms with Crippen LogP contribution in [0.4, 0.5) is 0 Å². The van der Waals surface area contributed by atoms with Gasteiger partial charge in [-0.15, -0.1) is 0 Å². The van der Waals surface area contributed by atoms with Crippen LogP contribution >= 0.6 is 0 Å². The highest BCUT2D eigenvalue weighted by molar-refractivity contribution is 5.85. The summed E-state index contributed by atoms with van der Waals surface area (Å²) in [6.07, 6.45) is 1.40. The fraction of sp³-hybridized carbons (Fsp3) is 0.312. The molecular weight excluding hydrogens is 238 g/mol. The molecule has 0 aliphatic carbocycles. The molecule has 0 amide bonds. The Labute approximate surface area is 113 Å². The van der Waals surface area contributed by atoms with Crippen LogP contribution in [0.25, 0.3) is 10.8 Å². The third-order valence-electron chi connectivity index (χ3n) is 3.06. The number of likely N-dealkylation sites (N-methyl/N-ethyl adjacent to an activating group) is 1. The summed E-state index contributed by atoms with van der Waals surface area (Å²) in [6.45, 7) is 2.76. The zero-order valence-corrected chi connectivity index (χ0v) is 11.4. The van der Waals surface area contributed by atoms with Crippen LogP contribution in [0.3, 0.4) is 0 Å². The van der Waals surface area contributed by atoms with E-state index >= 15 is 0 Å². The number of carbonyl (C=O) groups excluding carboxylic acids is 1. The Morgan fingerprint density at radius 3 is 2.63 bits per heavy atom. The molecule has 3 nitrogen and oxygen atoms in total.